The third-order valence-electron chi connectivity index (χ3n) is 4.36. The fraction of sp³-hybridized carbons (Fsp3) is 0.167. The summed E-state index contributed by atoms with van der Waals surface area (Å²) in [6, 6.07) is 21.9. The smallest absolute Gasteiger partial charge is 0.307 e. The van der Waals surface area contributed by atoms with Crippen molar-refractivity contribution in [1.82, 2.24) is 0 Å². The minimum atomic E-state index is -0.862. The molecule has 0 heterocycles. The van der Waals surface area contributed by atoms with Gasteiger partial charge in [0, 0.05) is 0 Å². The molecule has 0 aliphatic rings. The van der Waals surface area contributed by atoms with E-state index in [1.165, 1.54) is 0 Å². The molecule has 0 spiro atoms. The minimum Gasteiger partial charge on any atom is -0.489 e. The number of hydrogen-bond acceptors (Lipinski definition) is 4. The second-order valence-electron chi connectivity index (χ2n) is 6.83. The summed E-state index contributed by atoms with van der Waals surface area (Å²) in [6.45, 7) is 0.770. The van der Waals surface area contributed by atoms with Gasteiger partial charge >= 0.3 is 11.9 Å². The van der Waals surface area contributed by atoms with Gasteiger partial charge in [0.1, 0.15) is 24.7 Å². The Hall–Kier alpha value is -3.80. The molecule has 3 rings (SSSR count). The first-order valence-corrected chi connectivity index (χ1v) is 9.43. The average Bonchev–Trinajstić information content (AvgIpc) is 2.72. The van der Waals surface area contributed by atoms with Gasteiger partial charge in [-0.2, -0.15) is 0 Å². The molecular formula is C24H22O6. The van der Waals surface area contributed by atoms with Crippen LogP contribution in [0.25, 0.3) is 0 Å². The van der Waals surface area contributed by atoms with Crippen molar-refractivity contribution in [2.75, 3.05) is 0 Å². The summed E-state index contributed by atoms with van der Waals surface area (Å²) < 4.78 is 11.6. The van der Waals surface area contributed by atoms with Crippen molar-refractivity contribution < 1.29 is 29.3 Å². The van der Waals surface area contributed by atoms with Gasteiger partial charge in [0.05, 0.1) is 12.8 Å². The van der Waals surface area contributed by atoms with E-state index in [0.29, 0.717) is 24.7 Å². The maximum atomic E-state index is 10.7. The third-order valence-corrected chi connectivity index (χ3v) is 4.36. The molecule has 0 fully saturated rings. The van der Waals surface area contributed by atoms with Crippen LogP contribution < -0.4 is 9.47 Å². The lowest BCUT2D eigenvalue weighted by atomic mass is 10.1. The number of benzene rings is 3. The summed E-state index contributed by atoms with van der Waals surface area (Å²) >= 11 is 0. The maximum Gasteiger partial charge on any atom is 0.307 e. The van der Waals surface area contributed by atoms with E-state index in [-0.39, 0.29) is 12.8 Å². The molecule has 0 atom stereocenters. The van der Waals surface area contributed by atoms with Crippen LogP contribution >= 0.6 is 0 Å². The fourth-order valence-corrected chi connectivity index (χ4v) is 2.90. The number of hydrogen-bond donors (Lipinski definition) is 2. The van der Waals surface area contributed by atoms with Crippen LogP contribution in [-0.4, -0.2) is 22.2 Å². The molecule has 0 unspecified atom stereocenters. The van der Waals surface area contributed by atoms with Crippen LogP contribution in [0, 0.1) is 0 Å². The molecule has 0 amide bonds. The lowest BCUT2D eigenvalue weighted by Crippen LogP contribution is -2.01. The summed E-state index contributed by atoms with van der Waals surface area (Å²) in [5.41, 5.74) is 3.43. The van der Waals surface area contributed by atoms with Gasteiger partial charge in [-0.25, -0.2) is 0 Å². The van der Waals surface area contributed by atoms with Crippen molar-refractivity contribution in [1.29, 1.82) is 0 Å². The van der Waals surface area contributed by atoms with Crippen LogP contribution in [0.4, 0.5) is 0 Å². The van der Waals surface area contributed by atoms with E-state index >= 15 is 0 Å². The molecule has 0 saturated heterocycles. The zero-order chi connectivity index (χ0) is 21.3. The van der Waals surface area contributed by atoms with E-state index in [1.807, 2.05) is 24.3 Å². The first-order valence-electron chi connectivity index (χ1n) is 9.43. The topological polar surface area (TPSA) is 93.1 Å². The van der Waals surface area contributed by atoms with Crippen molar-refractivity contribution >= 4 is 11.9 Å². The van der Waals surface area contributed by atoms with Gasteiger partial charge < -0.3 is 19.7 Å². The summed E-state index contributed by atoms with van der Waals surface area (Å²) in [4.78, 5) is 21.5. The van der Waals surface area contributed by atoms with Crippen molar-refractivity contribution in [2.24, 2.45) is 0 Å². The molecular weight excluding hydrogens is 384 g/mol. The molecule has 0 aliphatic carbocycles. The van der Waals surface area contributed by atoms with E-state index in [9.17, 15) is 9.59 Å². The minimum absolute atomic E-state index is 0.00931. The Morgan fingerprint density at radius 3 is 1.37 bits per heavy atom. The predicted octanol–water partition coefficient (Wildman–Crippen LogP) is 4.10. The Kier molecular flexibility index (Phi) is 7.05. The summed E-state index contributed by atoms with van der Waals surface area (Å²) in [5.74, 6) is -0.378. The highest BCUT2D eigenvalue weighted by atomic mass is 16.5. The van der Waals surface area contributed by atoms with Crippen molar-refractivity contribution in [3.63, 3.8) is 0 Å². The average molecular weight is 406 g/mol. The van der Waals surface area contributed by atoms with Crippen LogP contribution in [0.1, 0.15) is 22.3 Å². The molecule has 6 nitrogen and oxygen atoms in total. The van der Waals surface area contributed by atoms with E-state index in [0.717, 1.165) is 22.3 Å². The molecule has 0 saturated carbocycles. The number of carboxylic acids is 2. The zero-order valence-corrected chi connectivity index (χ0v) is 16.3. The Bertz CT molecular complexity index is 914. The van der Waals surface area contributed by atoms with E-state index < -0.39 is 11.9 Å². The second kappa shape index (κ2) is 10.1. The molecule has 3 aromatic carbocycles. The van der Waals surface area contributed by atoms with E-state index in [1.54, 1.807) is 48.5 Å². The van der Waals surface area contributed by atoms with Gasteiger partial charge in [0.15, 0.2) is 0 Å². The van der Waals surface area contributed by atoms with Crippen LogP contribution in [0.2, 0.25) is 0 Å². The summed E-state index contributed by atoms with van der Waals surface area (Å²) in [5, 5.41) is 17.6. The SMILES string of the molecule is O=C(O)Cc1ccc(OCc2cccc(COc3ccc(CC(=O)O)cc3)c2)cc1. The fourth-order valence-electron chi connectivity index (χ4n) is 2.90. The molecule has 2 N–H and O–H groups in total. The van der Waals surface area contributed by atoms with Crippen LogP contribution in [-0.2, 0) is 35.6 Å². The Morgan fingerprint density at radius 2 is 1.00 bits per heavy atom. The molecule has 0 aliphatic heterocycles. The molecule has 3 aromatic rings. The summed E-state index contributed by atoms with van der Waals surface area (Å²) in [6.07, 6.45) is -0.0186. The molecule has 0 aromatic heterocycles. The van der Waals surface area contributed by atoms with Crippen LogP contribution in [0.5, 0.6) is 11.5 Å². The van der Waals surface area contributed by atoms with Gasteiger partial charge in [-0.3, -0.25) is 9.59 Å². The van der Waals surface area contributed by atoms with Gasteiger partial charge in [0.2, 0.25) is 0 Å². The monoisotopic (exact) mass is 406 g/mol. The zero-order valence-electron chi connectivity index (χ0n) is 16.3. The largest absolute Gasteiger partial charge is 0.489 e. The van der Waals surface area contributed by atoms with E-state index in [4.69, 9.17) is 19.7 Å². The third kappa shape index (κ3) is 6.67. The van der Waals surface area contributed by atoms with Crippen LogP contribution in [0.15, 0.2) is 72.8 Å². The lowest BCUT2D eigenvalue weighted by molar-refractivity contribution is -0.137. The van der Waals surface area contributed by atoms with Crippen molar-refractivity contribution in [2.45, 2.75) is 26.1 Å². The number of carboxylic acid groups (broad SMARTS) is 2. The number of aliphatic carboxylic acids is 2. The molecule has 6 heteroatoms. The number of rotatable bonds is 10. The van der Waals surface area contributed by atoms with Gasteiger partial charge in [0.25, 0.3) is 0 Å². The Balaban J connectivity index is 1.52. The molecule has 0 bridgehead atoms. The van der Waals surface area contributed by atoms with Gasteiger partial charge in [-0.1, -0.05) is 42.5 Å². The predicted molar refractivity (Wildman–Crippen MR) is 111 cm³/mol. The van der Waals surface area contributed by atoms with Gasteiger partial charge in [-0.15, -0.1) is 0 Å². The van der Waals surface area contributed by atoms with Crippen molar-refractivity contribution in [3.8, 4) is 11.5 Å². The van der Waals surface area contributed by atoms with Crippen molar-refractivity contribution in [3.05, 3.63) is 95.1 Å². The first-order chi connectivity index (χ1) is 14.5. The highest BCUT2D eigenvalue weighted by Crippen LogP contribution is 2.17. The lowest BCUT2D eigenvalue weighted by Gasteiger charge is -2.10. The molecule has 30 heavy (non-hydrogen) atoms. The number of ether oxygens (including phenoxy) is 2. The van der Waals surface area contributed by atoms with Crippen LogP contribution in [0.3, 0.4) is 0 Å². The standard InChI is InChI=1S/C24H22O6/c25-23(26)13-17-4-8-21(9-5-17)29-15-19-2-1-3-20(12-19)16-30-22-10-6-18(7-11-22)14-24(27)28/h1-12H,13-16H2,(H,25,26)(H,27,28). The number of carbonyl (C=O) groups is 2. The Morgan fingerprint density at radius 1 is 0.600 bits per heavy atom. The quantitative estimate of drug-likeness (QED) is 0.527. The highest BCUT2D eigenvalue weighted by Gasteiger charge is 2.04. The Labute approximate surface area is 174 Å². The first kappa shape index (κ1) is 20.9. The second-order valence-corrected chi connectivity index (χ2v) is 6.83. The highest BCUT2D eigenvalue weighted by molar-refractivity contribution is 5.70. The maximum absolute atomic E-state index is 10.7. The molecule has 154 valence electrons. The summed E-state index contributed by atoms with van der Waals surface area (Å²) in [7, 11) is 0. The molecule has 0 radical (unpaired) electrons. The van der Waals surface area contributed by atoms with Gasteiger partial charge in [-0.05, 0) is 52.6 Å². The normalized spacial score (nSPS) is 10.4. The van der Waals surface area contributed by atoms with E-state index in [2.05, 4.69) is 0 Å².